The standard InChI is InChI=1S/C8H16N2O3S/c1-10-4-2-5(12)6(3-11)13-7(4)14-8(10)9/h4-8,11-12H,2-3,9H2,1H3/t4-,5+,6?,7-,8?/m1/s1. The van der Waals surface area contributed by atoms with Crippen LogP contribution in [0.25, 0.3) is 0 Å². The number of ether oxygens (including phenoxy) is 1. The van der Waals surface area contributed by atoms with Crippen molar-refractivity contribution in [1.29, 1.82) is 0 Å². The van der Waals surface area contributed by atoms with Gasteiger partial charge in [-0.1, -0.05) is 11.8 Å². The van der Waals surface area contributed by atoms with Crippen LogP contribution in [0.2, 0.25) is 0 Å². The Morgan fingerprint density at radius 1 is 1.64 bits per heavy atom. The summed E-state index contributed by atoms with van der Waals surface area (Å²) in [4.78, 5) is 2.01. The van der Waals surface area contributed by atoms with E-state index < -0.39 is 12.2 Å². The molecule has 0 saturated carbocycles. The zero-order chi connectivity index (χ0) is 10.3. The lowest BCUT2D eigenvalue weighted by molar-refractivity contribution is -0.128. The van der Waals surface area contributed by atoms with E-state index in [9.17, 15) is 5.11 Å². The third kappa shape index (κ3) is 1.66. The van der Waals surface area contributed by atoms with Gasteiger partial charge in [0.1, 0.15) is 17.0 Å². The summed E-state index contributed by atoms with van der Waals surface area (Å²) in [6, 6.07) is 0.160. The average Bonchev–Trinajstić information content (AvgIpc) is 2.43. The molecular weight excluding hydrogens is 204 g/mol. The van der Waals surface area contributed by atoms with Crippen molar-refractivity contribution in [2.45, 2.75) is 35.6 Å². The zero-order valence-corrected chi connectivity index (χ0v) is 8.85. The van der Waals surface area contributed by atoms with Crippen LogP contribution in [0.4, 0.5) is 0 Å². The summed E-state index contributed by atoms with van der Waals surface area (Å²) < 4.78 is 5.55. The van der Waals surface area contributed by atoms with Crippen LogP contribution < -0.4 is 5.73 Å². The van der Waals surface area contributed by atoms with Gasteiger partial charge in [0.2, 0.25) is 0 Å². The zero-order valence-electron chi connectivity index (χ0n) is 8.04. The highest BCUT2D eigenvalue weighted by Crippen LogP contribution is 2.39. The number of nitrogens with zero attached hydrogens (tertiary/aromatic N) is 1. The molecule has 5 atom stereocenters. The minimum Gasteiger partial charge on any atom is -0.394 e. The molecule has 14 heavy (non-hydrogen) atoms. The van der Waals surface area contributed by atoms with Gasteiger partial charge in [-0.05, 0) is 13.5 Å². The molecule has 2 aliphatic rings. The minimum absolute atomic E-state index is 0.0180. The lowest BCUT2D eigenvalue weighted by Gasteiger charge is -2.36. The van der Waals surface area contributed by atoms with Gasteiger partial charge in [0, 0.05) is 6.04 Å². The minimum atomic E-state index is -0.588. The van der Waals surface area contributed by atoms with Gasteiger partial charge in [-0.25, -0.2) is 0 Å². The Morgan fingerprint density at radius 3 is 3.00 bits per heavy atom. The largest absolute Gasteiger partial charge is 0.394 e. The van der Waals surface area contributed by atoms with Gasteiger partial charge in [-0.3, -0.25) is 4.90 Å². The van der Waals surface area contributed by atoms with Gasteiger partial charge < -0.3 is 20.7 Å². The highest BCUT2D eigenvalue weighted by atomic mass is 32.2. The van der Waals surface area contributed by atoms with E-state index in [1.807, 2.05) is 11.9 Å². The second-order valence-corrected chi connectivity index (χ2v) is 5.01. The fourth-order valence-electron chi connectivity index (χ4n) is 1.93. The van der Waals surface area contributed by atoms with Crippen molar-refractivity contribution in [3.05, 3.63) is 0 Å². The molecule has 2 rings (SSSR count). The first kappa shape index (κ1) is 10.7. The van der Waals surface area contributed by atoms with Crippen LogP contribution in [0.15, 0.2) is 0 Å². The molecular formula is C8H16N2O3S. The third-order valence-corrected chi connectivity index (χ3v) is 4.22. The fourth-order valence-corrected chi connectivity index (χ4v) is 3.25. The first-order chi connectivity index (χ1) is 6.63. The summed E-state index contributed by atoms with van der Waals surface area (Å²) in [5.41, 5.74) is 5.74. The number of aliphatic hydroxyl groups excluding tert-OH is 2. The average molecular weight is 220 g/mol. The Morgan fingerprint density at radius 2 is 2.36 bits per heavy atom. The van der Waals surface area contributed by atoms with Crippen molar-refractivity contribution in [3.63, 3.8) is 0 Å². The smallest absolute Gasteiger partial charge is 0.122 e. The maximum Gasteiger partial charge on any atom is 0.122 e. The Kier molecular flexibility index (Phi) is 3.01. The molecule has 0 aliphatic carbocycles. The number of thioether (sulfide) groups is 1. The van der Waals surface area contributed by atoms with Crippen molar-refractivity contribution in [3.8, 4) is 0 Å². The molecule has 0 radical (unpaired) electrons. The number of likely N-dealkylation sites (N-methyl/N-ethyl adjacent to an activating group) is 1. The van der Waals surface area contributed by atoms with Crippen LogP contribution in [-0.4, -0.2) is 58.0 Å². The summed E-state index contributed by atoms with van der Waals surface area (Å²) in [6.45, 7) is -0.135. The molecule has 0 bridgehead atoms. The monoisotopic (exact) mass is 220 g/mol. The van der Waals surface area contributed by atoms with E-state index in [2.05, 4.69) is 0 Å². The lowest BCUT2D eigenvalue weighted by Crippen LogP contribution is -2.50. The van der Waals surface area contributed by atoms with Gasteiger partial charge in [0.15, 0.2) is 0 Å². The summed E-state index contributed by atoms with van der Waals surface area (Å²) >= 11 is 1.54. The second kappa shape index (κ2) is 3.96. The SMILES string of the molecule is CN1C(N)S[C@H]2OC(CO)[C@@H](O)C[C@H]21. The molecule has 0 aromatic rings. The topological polar surface area (TPSA) is 79.0 Å². The summed E-state index contributed by atoms with van der Waals surface area (Å²) in [7, 11) is 1.93. The van der Waals surface area contributed by atoms with Crippen LogP contribution in [0, 0.1) is 0 Å². The van der Waals surface area contributed by atoms with E-state index in [0.29, 0.717) is 6.42 Å². The number of hydrogen-bond acceptors (Lipinski definition) is 6. The van der Waals surface area contributed by atoms with Crippen LogP contribution in [0.5, 0.6) is 0 Å². The highest BCUT2D eigenvalue weighted by molar-refractivity contribution is 8.00. The molecule has 2 saturated heterocycles. The van der Waals surface area contributed by atoms with Crippen LogP contribution >= 0.6 is 11.8 Å². The predicted octanol–water partition coefficient (Wildman–Crippen LogP) is -1.26. The predicted molar refractivity (Wildman–Crippen MR) is 53.5 cm³/mol. The van der Waals surface area contributed by atoms with Gasteiger partial charge in [0.05, 0.1) is 12.7 Å². The van der Waals surface area contributed by atoms with E-state index in [1.54, 1.807) is 0 Å². The molecule has 2 fully saturated rings. The number of aliphatic hydroxyl groups is 2. The van der Waals surface area contributed by atoms with E-state index in [1.165, 1.54) is 11.8 Å². The number of fused-ring (bicyclic) bond motifs is 1. The van der Waals surface area contributed by atoms with E-state index in [-0.39, 0.29) is 23.6 Å². The molecule has 0 amide bonds. The van der Waals surface area contributed by atoms with E-state index >= 15 is 0 Å². The van der Waals surface area contributed by atoms with Gasteiger partial charge in [0.25, 0.3) is 0 Å². The fraction of sp³-hybridized carbons (Fsp3) is 1.00. The van der Waals surface area contributed by atoms with Crippen molar-refractivity contribution in [1.82, 2.24) is 4.90 Å². The van der Waals surface area contributed by atoms with Crippen LogP contribution in [0.3, 0.4) is 0 Å². The molecule has 6 heteroatoms. The van der Waals surface area contributed by atoms with Crippen LogP contribution in [-0.2, 0) is 4.74 Å². The Bertz CT molecular complexity index is 219. The van der Waals surface area contributed by atoms with E-state index in [0.717, 1.165) is 0 Å². The van der Waals surface area contributed by atoms with Gasteiger partial charge in [-0.15, -0.1) is 0 Å². The maximum atomic E-state index is 9.66. The number of nitrogens with two attached hydrogens (primary N) is 1. The maximum absolute atomic E-state index is 9.66. The van der Waals surface area contributed by atoms with Gasteiger partial charge >= 0.3 is 0 Å². The Balaban J connectivity index is 2.05. The van der Waals surface area contributed by atoms with Crippen molar-refractivity contribution in [2.75, 3.05) is 13.7 Å². The van der Waals surface area contributed by atoms with Crippen molar-refractivity contribution < 1.29 is 14.9 Å². The number of hydrogen-bond donors (Lipinski definition) is 3. The molecule has 0 aromatic heterocycles. The number of rotatable bonds is 1. The Labute approximate surface area is 87.2 Å². The summed E-state index contributed by atoms with van der Waals surface area (Å²) in [6.07, 6.45) is -0.426. The van der Waals surface area contributed by atoms with Crippen molar-refractivity contribution >= 4 is 11.8 Å². The lowest BCUT2D eigenvalue weighted by atomic mass is 10.0. The molecule has 2 unspecified atom stereocenters. The van der Waals surface area contributed by atoms with E-state index in [4.69, 9.17) is 15.6 Å². The summed E-state index contributed by atoms with van der Waals surface area (Å²) in [5.74, 6) is 0. The van der Waals surface area contributed by atoms with Crippen molar-refractivity contribution in [2.24, 2.45) is 5.73 Å². The highest BCUT2D eigenvalue weighted by Gasteiger charge is 2.45. The molecule has 4 N–H and O–H groups in total. The Hall–Kier alpha value is 0.150. The van der Waals surface area contributed by atoms with Gasteiger partial charge in [-0.2, -0.15) is 0 Å². The summed E-state index contributed by atoms with van der Waals surface area (Å²) in [5, 5.41) is 18.6. The second-order valence-electron chi connectivity index (χ2n) is 3.79. The molecule has 0 spiro atoms. The first-order valence-electron chi connectivity index (χ1n) is 4.71. The normalized spacial score (nSPS) is 49.3. The quantitative estimate of drug-likeness (QED) is 0.512. The molecule has 2 heterocycles. The third-order valence-electron chi connectivity index (χ3n) is 2.91. The molecule has 5 nitrogen and oxygen atoms in total. The molecule has 0 aromatic carbocycles. The van der Waals surface area contributed by atoms with Crippen LogP contribution in [0.1, 0.15) is 6.42 Å². The first-order valence-corrected chi connectivity index (χ1v) is 5.65. The molecule has 2 aliphatic heterocycles. The molecule has 82 valence electrons.